The predicted octanol–water partition coefficient (Wildman–Crippen LogP) is 6.80. The van der Waals surface area contributed by atoms with Crippen molar-refractivity contribution in [3.63, 3.8) is 0 Å². The minimum Gasteiger partial charge on any atom is -0.207 e. The van der Waals surface area contributed by atoms with Crippen LogP contribution < -0.4 is 0 Å². The molecule has 0 heterocycles. The molecule has 0 saturated heterocycles. The lowest BCUT2D eigenvalue weighted by molar-refractivity contribution is 0.628. The Kier molecular flexibility index (Phi) is 4.40. The molecule has 126 valence electrons. The van der Waals surface area contributed by atoms with Gasteiger partial charge in [-0.25, -0.2) is 4.39 Å². The van der Waals surface area contributed by atoms with Crippen molar-refractivity contribution in [1.29, 1.82) is 0 Å². The zero-order chi connectivity index (χ0) is 17.2. The van der Waals surface area contributed by atoms with E-state index in [9.17, 15) is 4.39 Å². The predicted molar refractivity (Wildman–Crippen MR) is 103 cm³/mol. The molecular formula is C24H23F. The molecule has 0 radical (unpaired) electrons. The average molecular weight is 330 g/mol. The average Bonchev–Trinajstić information content (AvgIpc) is 2.99. The van der Waals surface area contributed by atoms with Gasteiger partial charge in [0.15, 0.2) is 0 Å². The summed E-state index contributed by atoms with van der Waals surface area (Å²) in [5.41, 5.74) is 8.66. The van der Waals surface area contributed by atoms with E-state index in [0.717, 1.165) is 12.0 Å². The molecule has 0 amide bonds. The van der Waals surface area contributed by atoms with Crippen LogP contribution in [0, 0.1) is 5.82 Å². The maximum Gasteiger partial charge on any atom is 0.123 e. The fourth-order valence-electron chi connectivity index (χ4n) is 3.78. The molecule has 0 aromatic heterocycles. The van der Waals surface area contributed by atoms with Crippen molar-refractivity contribution in [3.8, 4) is 22.3 Å². The molecule has 0 fully saturated rings. The summed E-state index contributed by atoms with van der Waals surface area (Å²) in [7, 11) is 0. The van der Waals surface area contributed by atoms with Gasteiger partial charge in [-0.3, -0.25) is 0 Å². The second-order valence-electron chi connectivity index (χ2n) is 7.00. The standard InChI is InChI=1S/C24H23F/c1-2-3-4-5-17-6-8-18(9-7-17)19-11-13-23-21(14-19)15-20-10-12-22(25)16-24(20)23/h6-14,16H,2-5,15H2,1H3. The van der Waals surface area contributed by atoms with E-state index in [2.05, 4.69) is 49.4 Å². The molecule has 25 heavy (non-hydrogen) atoms. The van der Waals surface area contributed by atoms with Crippen LogP contribution in [0.2, 0.25) is 0 Å². The highest BCUT2D eigenvalue weighted by atomic mass is 19.1. The quantitative estimate of drug-likeness (QED) is 0.353. The zero-order valence-corrected chi connectivity index (χ0v) is 14.7. The van der Waals surface area contributed by atoms with E-state index in [1.54, 1.807) is 12.1 Å². The minimum atomic E-state index is -0.158. The van der Waals surface area contributed by atoms with E-state index < -0.39 is 0 Å². The molecule has 0 bridgehead atoms. The molecule has 4 rings (SSSR count). The first-order chi connectivity index (χ1) is 12.2. The highest BCUT2D eigenvalue weighted by Crippen LogP contribution is 2.39. The summed E-state index contributed by atoms with van der Waals surface area (Å²) in [4.78, 5) is 0. The molecule has 0 aliphatic heterocycles. The summed E-state index contributed by atoms with van der Waals surface area (Å²) in [6, 6.07) is 20.7. The first-order valence-corrected chi connectivity index (χ1v) is 9.25. The van der Waals surface area contributed by atoms with Crippen molar-refractivity contribution in [2.75, 3.05) is 0 Å². The summed E-state index contributed by atoms with van der Waals surface area (Å²) in [6.45, 7) is 2.24. The van der Waals surface area contributed by atoms with Crippen molar-refractivity contribution in [1.82, 2.24) is 0 Å². The Labute approximate surface area is 149 Å². The topological polar surface area (TPSA) is 0 Å². The third-order valence-electron chi connectivity index (χ3n) is 5.20. The number of fused-ring (bicyclic) bond motifs is 3. The van der Waals surface area contributed by atoms with Gasteiger partial charge >= 0.3 is 0 Å². The Bertz CT molecular complexity index is 890. The van der Waals surface area contributed by atoms with Crippen LogP contribution >= 0.6 is 0 Å². The highest BCUT2D eigenvalue weighted by Gasteiger charge is 2.19. The van der Waals surface area contributed by atoms with E-state index in [-0.39, 0.29) is 5.82 Å². The van der Waals surface area contributed by atoms with Gasteiger partial charge in [-0.2, -0.15) is 0 Å². The summed E-state index contributed by atoms with van der Waals surface area (Å²) in [6.07, 6.45) is 5.89. The van der Waals surface area contributed by atoms with Gasteiger partial charge in [0.25, 0.3) is 0 Å². The van der Waals surface area contributed by atoms with E-state index in [1.165, 1.54) is 59.1 Å². The number of halogens is 1. The fraction of sp³-hybridized carbons (Fsp3) is 0.250. The molecule has 1 aliphatic carbocycles. The van der Waals surface area contributed by atoms with Crippen LogP contribution in [0.25, 0.3) is 22.3 Å². The van der Waals surface area contributed by atoms with Crippen molar-refractivity contribution in [2.24, 2.45) is 0 Å². The van der Waals surface area contributed by atoms with Crippen LogP contribution in [-0.4, -0.2) is 0 Å². The van der Waals surface area contributed by atoms with Crippen LogP contribution in [0.5, 0.6) is 0 Å². The largest absolute Gasteiger partial charge is 0.207 e. The number of hydrogen-bond acceptors (Lipinski definition) is 0. The lowest BCUT2D eigenvalue weighted by Gasteiger charge is -2.07. The molecule has 3 aromatic rings. The third kappa shape index (κ3) is 3.24. The second kappa shape index (κ2) is 6.84. The SMILES string of the molecule is CCCCCc1ccc(-c2ccc3c(c2)Cc2ccc(F)cc2-3)cc1. The lowest BCUT2D eigenvalue weighted by atomic mass is 9.97. The first kappa shape index (κ1) is 16.1. The van der Waals surface area contributed by atoms with E-state index >= 15 is 0 Å². The van der Waals surface area contributed by atoms with E-state index in [1.807, 2.05) is 6.07 Å². The van der Waals surface area contributed by atoms with Crippen molar-refractivity contribution in [2.45, 2.75) is 39.0 Å². The smallest absolute Gasteiger partial charge is 0.123 e. The van der Waals surface area contributed by atoms with Gasteiger partial charge in [0.05, 0.1) is 0 Å². The second-order valence-corrected chi connectivity index (χ2v) is 7.00. The molecule has 1 heteroatoms. The van der Waals surface area contributed by atoms with Gasteiger partial charge in [0.2, 0.25) is 0 Å². The molecule has 1 aliphatic rings. The normalized spacial score (nSPS) is 12.1. The molecule has 0 spiro atoms. The molecular weight excluding hydrogens is 307 g/mol. The summed E-state index contributed by atoms with van der Waals surface area (Å²) in [5.74, 6) is -0.158. The number of aryl methyl sites for hydroxylation is 1. The summed E-state index contributed by atoms with van der Waals surface area (Å²) >= 11 is 0. The molecule has 0 atom stereocenters. The first-order valence-electron chi connectivity index (χ1n) is 9.25. The fourth-order valence-corrected chi connectivity index (χ4v) is 3.78. The Morgan fingerprint density at radius 1 is 0.760 bits per heavy atom. The van der Waals surface area contributed by atoms with Crippen LogP contribution in [0.1, 0.15) is 42.9 Å². The maximum atomic E-state index is 13.5. The third-order valence-corrected chi connectivity index (χ3v) is 5.20. The molecule has 0 N–H and O–H groups in total. The molecule has 3 aromatic carbocycles. The van der Waals surface area contributed by atoms with Gasteiger partial charge in [0, 0.05) is 0 Å². The van der Waals surface area contributed by atoms with Crippen LogP contribution in [-0.2, 0) is 12.8 Å². The Hall–Kier alpha value is -2.41. The van der Waals surface area contributed by atoms with Gasteiger partial charge < -0.3 is 0 Å². The summed E-state index contributed by atoms with van der Waals surface area (Å²) in [5, 5.41) is 0. The van der Waals surface area contributed by atoms with Gasteiger partial charge in [0.1, 0.15) is 5.82 Å². The number of rotatable bonds is 5. The lowest BCUT2D eigenvalue weighted by Crippen LogP contribution is -1.87. The monoisotopic (exact) mass is 330 g/mol. The van der Waals surface area contributed by atoms with Crippen LogP contribution in [0.4, 0.5) is 4.39 Å². The van der Waals surface area contributed by atoms with Crippen LogP contribution in [0.15, 0.2) is 60.7 Å². The Balaban J connectivity index is 1.58. The van der Waals surface area contributed by atoms with E-state index in [4.69, 9.17) is 0 Å². The van der Waals surface area contributed by atoms with Gasteiger partial charge in [-0.05, 0) is 70.3 Å². The number of hydrogen-bond donors (Lipinski definition) is 0. The van der Waals surface area contributed by atoms with Crippen molar-refractivity contribution < 1.29 is 4.39 Å². The van der Waals surface area contributed by atoms with Crippen molar-refractivity contribution in [3.05, 3.63) is 83.2 Å². The Morgan fingerprint density at radius 2 is 1.56 bits per heavy atom. The molecule has 0 unspecified atom stereocenters. The minimum absolute atomic E-state index is 0.158. The number of benzene rings is 3. The Morgan fingerprint density at radius 3 is 2.36 bits per heavy atom. The zero-order valence-electron chi connectivity index (χ0n) is 14.7. The van der Waals surface area contributed by atoms with E-state index in [0.29, 0.717) is 0 Å². The van der Waals surface area contributed by atoms with Crippen LogP contribution in [0.3, 0.4) is 0 Å². The van der Waals surface area contributed by atoms with Crippen molar-refractivity contribution >= 4 is 0 Å². The highest BCUT2D eigenvalue weighted by molar-refractivity contribution is 5.80. The number of unbranched alkanes of at least 4 members (excludes halogenated alkanes) is 2. The maximum absolute atomic E-state index is 13.5. The van der Waals surface area contributed by atoms with Gasteiger partial charge in [-0.15, -0.1) is 0 Å². The molecule has 0 saturated carbocycles. The molecule has 0 nitrogen and oxygen atoms in total. The van der Waals surface area contributed by atoms with Gasteiger partial charge in [-0.1, -0.05) is 68.3 Å². The summed E-state index contributed by atoms with van der Waals surface area (Å²) < 4.78 is 13.5.